The van der Waals surface area contributed by atoms with Crippen LogP contribution in [0.2, 0.25) is 10.0 Å². The minimum atomic E-state index is -0.285. The standard InChI is InChI=1S/C17H16BrCl2NO2/c1-9-6-15(10(2)11(3)17(9)18)23-8-16(22)21-14-5-4-12(19)7-13(14)20/h4-7H,8H2,1-3H3,(H,21,22). The van der Waals surface area contributed by atoms with Gasteiger partial charge in [-0.15, -0.1) is 0 Å². The fourth-order valence-electron chi connectivity index (χ4n) is 2.08. The molecule has 2 aromatic carbocycles. The van der Waals surface area contributed by atoms with Gasteiger partial charge >= 0.3 is 0 Å². The number of ether oxygens (including phenoxy) is 1. The van der Waals surface area contributed by atoms with E-state index in [-0.39, 0.29) is 12.5 Å². The second-order valence-corrected chi connectivity index (χ2v) is 6.85. The molecule has 0 atom stereocenters. The van der Waals surface area contributed by atoms with Crippen LogP contribution in [0.5, 0.6) is 5.75 Å². The lowest BCUT2D eigenvalue weighted by atomic mass is 10.1. The molecule has 2 aromatic rings. The average Bonchev–Trinajstić information content (AvgIpc) is 2.50. The number of amides is 1. The molecule has 0 heterocycles. The van der Waals surface area contributed by atoms with Crippen LogP contribution in [0.1, 0.15) is 16.7 Å². The number of benzene rings is 2. The summed E-state index contributed by atoms with van der Waals surface area (Å²) in [5.41, 5.74) is 3.66. The van der Waals surface area contributed by atoms with Crippen molar-refractivity contribution in [1.29, 1.82) is 0 Å². The highest BCUT2D eigenvalue weighted by molar-refractivity contribution is 9.10. The summed E-state index contributed by atoms with van der Waals surface area (Å²) in [6.45, 7) is 5.85. The van der Waals surface area contributed by atoms with Crippen molar-refractivity contribution in [3.63, 3.8) is 0 Å². The van der Waals surface area contributed by atoms with Crippen molar-refractivity contribution in [1.82, 2.24) is 0 Å². The molecule has 0 aliphatic carbocycles. The summed E-state index contributed by atoms with van der Waals surface area (Å²) in [4.78, 5) is 12.0. The molecule has 0 aromatic heterocycles. The van der Waals surface area contributed by atoms with E-state index in [1.807, 2.05) is 26.8 Å². The normalized spacial score (nSPS) is 10.5. The van der Waals surface area contributed by atoms with Crippen molar-refractivity contribution >= 4 is 50.7 Å². The van der Waals surface area contributed by atoms with Gasteiger partial charge in [0.1, 0.15) is 5.75 Å². The van der Waals surface area contributed by atoms with E-state index >= 15 is 0 Å². The number of halogens is 3. The van der Waals surface area contributed by atoms with Crippen LogP contribution >= 0.6 is 39.1 Å². The van der Waals surface area contributed by atoms with E-state index in [0.717, 1.165) is 21.2 Å². The molecule has 0 unspecified atom stereocenters. The van der Waals surface area contributed by atoms with Crippen LogP contribution in [-0.4, -0.2) is 12.5 Å². The Balaban J connectivity index is 2.05. The number of hydrogen-bond donors (Lipinski definition) is 1. The third-order valence-electron chi connectivity index (χ3n) is 3.52. The van der Waals surface area contributed by atoms with Crippen LogP contribution in [-0.2, 0) is 4.79 Å². The van der Waals surface area contributed by atoms with Crippen molar-refractivity contribution in [2.45, 2.75) is 20.8 Å². The first kappa shape index (κ1) is 18.1. The van der Waals surface area contributed by atoms with Gasteiger partial charge in [-0.1, -0.05) is 39.1 Å². The van der Waals surface area contributed by atoms with E-state index in [2.05, 4.69) is 21.2 Å². The number of carbonyl (C=O) groups is 1. The van der Waals surface area contributed by atoms with Crippen molar-refractivity contribution in [3.05, 3.63) is 55.5 Å². The van der Waals surface area contributed by atoms with Gasteiger partial charge in [0.2, 0.25) is 0 Å². The predicted molar refractivity (Wildman–Crippen MR) is 98.9 cm³/mol. The lowest BCUT2D eigenvalue weighted by Crippen LogP contribution is -2.20. The number of carbonyl (C=O) groups excluding carboxylic acids is 1. The molecule has 1 N–H and O–H groups in total. The summed E-state index contributed by atoms with van der Waals surface area (Å²) in [6, 6.07) is 6.80. The number of aryl methyl sites for hydroxylation is 1. The van der Waals surface area contributed by atoms with Crippen LogP contribution in [0.15, 0.2) is 28.7 Å². The maximum atomic E-state index is 12.0. The predicted octanol–water partition coefficient (Wildman–Crippen LogP) is 5.70. The topological polar surface area (TPSA) is 38.3 Å². The number of rotatable bonds is 4. The first-order chi connectivity index (χ1) is 10.8. The van der Waals surface area contributed by atoms with Gasteiger partial charge in [0.25, 0.3) is 5.91 Å². The fraction of sp³-hybridized carbons (Fsp3) is 0.235. The molecule has 1 amide bonds. The average molecular weight is 417 g/mol. The molecule has 3 nitrogen and oxygen atoms in total. The Hall–Kier alpha value is -1.23. The molecule has 122 valence electrons. The van der Waals surface area contributed by atoms with Gasteiger partial charge in [0, 0.05) is 9.50 Å². The second kappa shape index (κ2) is 7.56. The van der Waals surface area contributed by atoms with E-state index in [0.29, 0.717) is 21.5 Å². The molecule has 0 radical (unpaired) electrons. The van der Waals surface area contributed by atoms with E-state index in [9.17, 15) is 4.79 Å². The van der Waals surface area contributed by atoms with E-state index in [1.165, 1.54) is 0 Å². The highest BCUT2D eigenvalue weighted by Gasteiger charge is 2.12. The van der Waals surface area contributed by atoms with E-state index in [1.54, 1.807) is 18.2 Å². The first-order valence-corrected chi connectivity index (χ1v) is 8.48. The van der Waals surface area contributed by atoms with Crippen molar-refractivity contribution in [2.75, 3.05) is 11.9 Å². The van der Waals surface area contributed by atoms with Crippen LogP contribution in [0, 0.1) is 20.8 Å². The smallest absolute Gasteiger partial charge is 0.262 e. The molecule has 0 aliphatic heterocycles. The molecule has 0 spiro atoms. The van der Waals surface area contributed by atoms with Gasteiger partial charge < -0.3 is 10.1 Å². The maximum Gasteiger partial charge on any atom is 0.262 e. The monoisotopic (exact) mass is 415 g/mol. The SMILES string of the molecule is Cc1cc(OCC(=O)Nc2ccc(Cl)cc2Cl)c(C)c(C)c1Br. The quantitative estimate of drug-likeness (QED) is 0.694. The largest absolute Gasteiger partial charge is 0.483 e. The third-order valence-corrected chi connectivity index (χ3v) is 5.29. The first-order valence-electron chi connectivity index (χ1n) is 6.93. The summed E-state index contributed by atoms with van der Waals surface area (Å²) < 4.78 is 6.70. The molecule has 0 bridgehead atoms. The van der Waals surface area contributed by atoms with Crippen molar-refractivity contribution < 1.29 is 9.53 Å². The summed E-state index contributed by atoms with van der Waals surface area (Å²) in [7, 11) is 0. The Labute approximate surface area is 154 Å². The van der Waals surface area contributed by atoms with Gasteiger partial charge in [-0.3, -0.25) is 4.79 Å². The van der Waals surface area contributed by atoms with E-state index in [4.69, 9.17) is 27.9 Å². The zero-order valence-corrected chi connectivity index (χ0v) is 16.1. The minimum absolute atomic E-state index is 0.0969. The second-order valence-electron chi connectivity index (χ2n) is 5.22. The fourth-order valence-corrected chi connectivity index (χ4v) is 2.95. The minimum Gasteiger partial charge on any atom is -0.483 e. The third kappa shape index (κ3) is 4.40. The van der Waals surface area contributed by atoms with Gasteiger partial charge in [0.15, 0.2) is 6.61 Å². The van der Waals surface area contributed by atoms with Crippen LogP contribution in [0.25, 0.3) is 0 Å². The van der Waals surface area contributed by atoms with Crippen molar-refractivity contribution in [3.8, 4) is 5.75 Å². The molecule has 6 heteroatoms. The Morgan fingerprint density at radius 3 is 2.52 bits per heavy atom. The summed E-state index contributed by atoms with van der Waals surface area (Å²) >= 11 is 15.4. The van der Waals surface area contributed by atoms with Gasteiger partial charge in [0.05, 0.1) is 10.7 Å². The number of anilines is 1. The number of nitrogens with one attached hydrogen (secondary N) is 1. The van der Waals surface area contributed by atoms with Crippen LogP contribution in [0.4, 0.5) is 5.69 Å². The zero-order valence-electron chi connectivity index (χ0n) is 13.0. The molecule has 2 rings (SSSR count). The van der Waals surface area contributed by atoms with Crippen molar-refractivity contribution in [2.24, 2.45) is 0 Å². The molecular weight excluding hydrogens is 401 g/mol. The lowest BCUT2D eigenvalue weighted by Gasteiger charge is -2.14. The molecule has 0 saturated heterocycles. The molecular formula is C17H16BrCl2NO2. The Kier molecular flexibility index (Phi) is 5.95. The number of hydrogen-bond acceptors (Lipinski definition) is 2. The molecule has 0 aliphatic rings. The zero-order chi connectivity index (χ0) is 17.1. The molecule has 23 heavy (non-hydrogen) atoms. The van der Waals surface area contributed by atoms with Gasteiger partial charge in [-0.05, 0) is 61.7 Å². The summed E-state index contributed by atoms with van der Waals surface area (Å²) in [5.74, 6) is 0.410. The maximum absolute atomic E-state index is 12.0. The van der Waals surface area contributed by atoms with Crippen LogP contribution in [0.3, 0.4) is 0 Å². The molecule has 0 saturated carbocycles. The van der Waals surface area contributed by atoms with Crippen LogP contribution < -0.4 is 10.1 Å². The van der Waals surface area contributed by atoms with E-state index < -0.39 is 0 Å². The van der Waals surface area contributed by atoms with Gasteiger partial charge in [-0.25, -0.2) is 0 Å². The Bertz CT molecular complexity index is 763. The Morgan fingerprint density at radius 2 is 1.87 bits per heavy atom. The summed E-state index contributed by atoms with van der Waals surface area (Å²) in [5, 5.41) is 3.60. The highest BCUT2D eigenvalue weighted by atomic mass is 79.9. The van der Waals surface area contributed by atoms with Gasteiger partial charge in [-0.2, -0.15) is 0 Å². The molecule has 0 fully saturated rings. The lowest BCUT2D eigenvalue weighted by molar-refractivity contribution is -0.118. The summed E-state index contributed by atoms with van der Waals surface area (Å²) in [6.07, 6.45) is 0. The highest BCUT2D eigenvalue weighted by Crippen LogP contribution is 2.31. The Morgan fingerprint density at radius 1 is 1.17 bits per heavy atom.